The Kier molecular flexibility index (Phi) is 4.61. The topological polar surface area (TPSA) is 18.5 Å². The lowest BCUT2D eigenvalue weighted by Gasteiger charge is -2.33. The van der Waals surface area contributed by atoms with Gasteiger partial charge in [-0.3, -0.25) is 0 Å². The second-order valence-corrected chi connectivity index (χ2v) is 5.32. The number of hydrogen-bond acceptors (Lipinski definition) is 3. The van der Waals surface area contributed by atoms with Gasteiger partial charge in [0.05, 0.1) is 6.04 Å². The molecule has 1 saturated heterocycles. The summed E-state index contributed by atoms with van der Waals surface area (Å²) in [6, 6.07) is 12.0. The van der Waals surface area contributed by atoms with E-state index < -0.39 is 0 Å². The molecular formula is C15H25N3. The smallest absolute Gasteiger partial charge is 0.0541 e. The van der Waals surface area contributed by atoms with E-state index in [1.807, 2.05) is 7.05 Å². The number of anilines is 1. The van der Waals surface area contributed by atoms with Crippen LogP contribution < -0.4 is 10.2 Å². The molecule has 2 unspecified atom stereocenters. The lowest BCUT2D eigenvalue weighted by molar-refractivity contribution is 0.254. The normalized spacial score (nSPS) is 26.1. The molecule has 0 aromatic heterocycles. The molecule has 3 heteroatoms. The molecule has 0 amide bonds. The van der Waals surface area contributed by atoms with E-state index in [9.17, 15) is 0 Å². The van der Waals surface area contributed by atoms with E-state index in [2.05, 4.69) is 59.4 Å². The summed E-state index contributed by atoms with van der Waals surface area (Å²) in [5.41, 5.74) is 1.35. The molecule has 3 nitrogen and oxygen atoms in total. The van der Waals surface area contributed by atoms with Crippen molar-refractivity contribution in [2.75, 3.05) is 38.6 Å². The molecule has 1 aromatic rings. The Balaban J connectivity index is 2.19. The zero-order valence-corrected chi connectivity index (χ0v) is 11.8. The quantitative estimate of drug-likeness (QED) is 0.879. The maximum Gasteiger partial charge on any atom is 0.0541 e. The molecule has 2 atom stereocenters. The number of rotatable bonds is 3. The van der Waals surface area contributed by atoms with Crippen LogP contribution in [0.25, 0.3) is 0 Å². The van der Waals surface area contributed by atoms with Crippen molar-refractivity contribution in [3.05, 3.63) is 30.3 Å². The summed E-state index contributed by atoms with van der Waals surface area (Å²) in [6.45, 7) is 5.62. The number of benzene rings is 1. The Morgan fingerprint density at radius 3 is 2.67 bits per heavy atom. The molecule has 18 heavy (non-hydrogen) atoms. The third kappa shape index (κ3) is 3.03. The number of nitrogens with zero attached hydrogens (tertiary/aromatic N) is 2. The van der Waals surface area contributed by atoms with E-state index in [-0.39, 0.29) is 0 Å². The minimum absolute atomic E-state index is 0.548. The van der Waals surface area contributed by atoms with E-state index in [1.54, 1.807) is 0 Å². The summed E-state index contributed by atoms with van der Waals surface area (Å²) in [5, 5.41) is 3.33. The number of likely N-dealkylation sites (N-methyl/N-ethyl adjacent to an activating group) is 2. The van der Waals surface area contributed by atoms with Crippen LogP contribution in [0, 0.1) is 0 Å². The minimum Gasteiger partial charge on any atom is -0.366 e. The monoisotopic (exact) mass is 247 g/mol. The van der Waals surface area contributed by atoms with Crippen LogP contribution in [-0.2, 0) is 0 Å². The summed E-state index contributed by atoms with van der Waals surface area (Å²) in [4.78, 5) is 5.03. The van der Waals surface area contributed by atoms with Crippen molar-refractivity contribution in [1.82, 2.24) is 10.2 Å². The van der Waals surface area contributed by atoms with Crippen LogP contribution >= 0.6 is 0 Å². The average Bonchev–Trinajstić information content (AvgIpc) is 2.52. The van der Waals surface area contributed by atoms with Crippen molar-refractivity contribution in [2.24, 2.45) is 0 Å². The van der Waals surface area contributed by atoms with E-state index >= 15 is 0 Å². The maximum absolute atomic E-state index is 3.33. The predicted octanol–water partition coefficient (Wildman–Crippen LogP) is 1.80. The van der Waals surface area contributed by atoms with Gasteiger partial charge in [0.2, 0.25) is 0 Å². The lowest BCUT2D eigenvalue weighted by atomic mass is 10.2. The highest BCUT2D eigenvalue weighted by Crippen LogP contribution is 2.21. The fourth-order valence-electron chi connectivity index (χ4n) is 2.71. The number of hydrogen-bond donors (Lipinski definition) is 1. The molecule has 1 N–H and O–H groups in total. The van der Waals surface area contributed by atoms with Gasteiger partial charge in [-0.05, 0) is 39.6 Å². The van der Waals surface area contributed by atoms with Gasteiger partial charge in [-0.2, -0.15) is 0 Å². The lowest BCUT2D eigenvalue weighted by Crippen LogP contribution is -2.46. The van der Waals surface area contributed by atoms with E-state index in [0.717, 1.165) is 19.6 Å². The zero-order chi connectivity index (χ0) is 13.0. The molecule has 0 spiro atoms. The van der Waals surface area contributed by atoms with Crippen molar-refractivity contribution in [2.45, 2.75) is 25.4 Å². The first-order valence-corrected chi connectivity index (χ1v) is 6.89. The SMILES string of the molecule is CNCC1CN(C)C(C)CCN1c1ccccc1. The summed E-state index contributed by atoms with van der Waals surface area (Å²) in [5.74, 6) is 0. The highest BCUT2D eigenvalue weighted by molar-refractivity contribution is 5.47. The highest BCUT2D eigenvalue weighted by atomic mass is 15.3. The molecule has 0 saturated carbocycles. The first-order chi connectivity index (χ1) is 8.72. The maximum atomic E-state index is 3.33. The first-order valence-electron chi connectivity index (χ1n) is 6.89. The van der Waals surface area contributed by atoms with Crippen molar-refractivity contribution in [1.29, 1.82) is 0 Å². The van der Waals surface area contributed by atoms with Gasteiger partial charge in [-0.15, -0.1) is 0 Å². The number of nitrogens with one attached hydrogen (secondary N) is 1. The summed E-state index contributed by atoms with van der Waals surface area (Å²) >= 11 is 0. The predicted molar refractivity (Wildman–Crippen MR) is 78.2 cm³/mol. The molecule has 100 valence electrons. The Hall–Kier alpha value is -1.06. The van der Waals surface area contributed by atoms with Gasteiger partial charge in [-0.1, -0.05) is 18.2 Å². The Morgan fingerprint density at radius 1 is 1.28 bits per heavy atom. The summed E-state index contributed by atoms with van der Waals surface area (Å²) < 4.78 is 0. The largest absolute Gasteiger partial charge is 0.366 e. The molecule has 2 rings (SSSR count). The van der Waals surface area contributed by atoms with Gasteiger partial charge < -0.3 is 15.1 Å². The molecule has 1 fully saturated rings. The second kappa shape index (κ2) is 6.21. The first kappa shape index (κ1) is 13.4. The second-order valence-electron chi connectivity index (χ2n) is 5.32. The van der Waals surface area contributed by atoms with Gasteiger partial charge in [-0.25, -0.2) is 0 Å². The Morgan fingerprint density at radius 2 is 2.00 bits per heavy atom. The van der Waals surface area contributed by atoms with Crippen molar-refractivity contribution < 1.29 is 0 Å². The van der Waals surface area contributed by atoms with Crippen molar-refractivity contribution in [3.63, 3.8) is 0 Å². The van der Waals surface area contributed by atoms with Gasteiger partial charge in [0.15, 0.2) is 0 Å². The molecule has 0 bridgehead atoms. The standard InChI is InChI=1S/C15H25N3/c1-13-9-10-18(14-7-5-4-6-8-14)15(11-16-2)12-17(13)3/h4-8,13,15-16H,9-12H2,1-3H3. The van der Waals surface area contributed by atoms with Crippen LogP contribution in [-0.4, -0.2) is 50.7 Å². The molecular weight excluding hydrogens is 222 g/mol. The summed E-state index contributed by atoms with van der Waals surface area (Å²) in [7, 11) is 4.28. The van der Waals surface area contributed by atoms with E-state index in [1.165, 1.54) is 12.1 Å². The van der Waals surface area contributed by atoms with Gasteiger partial charge >= 0.3 is 0 Å². The van der Waals surface area contributed by atoms with E-state index in [0.29, 0.717) is 12.1 Å². The van der Waals surface area contributed by atoms with Gasteiger partial charge in [0.25, 0.3) is 0 Å². The molecule has 1 heterocycles. The fraction of sp³-hybridized carbons (Fsp3) is 0.600. The Bertz CT molecular complexity index is 352. The van der Waals surface area contributed by atoms with Crippen molar-refractivity contribution in [3.8, 4) is 0 Å². The zero-order valence-electron chi connectivity index (χ0n) is 11.8. The van der Waals surface area contributed by atoms with Crippen LogP contribution in [0.1, 0.15) is 13.3 Å². The van der Waals surface area contributed by atoms with Crippen molar-refractivity contribution >= 4 is 5.69 Å². The molecule has 0 radical (unpaired) electrons. The van der Waals surface area contributed by atoms with Crippen LogP contribution in [0.4, 0.5) is 5.69 Å². The van der Waals surface area contributed by atoms with Crippen LogP contribution in [0.15, 0.2) is 30.3 Å². The highest BCUT2D eigenvalue weighted by Gasteiger charge is 2.26. The average molecular weight is 247 g/mol. The molecule has 1 aromatic carbocycles. The molecule has 1 aliphatic heterocycles. The van der Waals surface area contributed by atoms with Crippen LogP contribution in [0.5, 0.6) is 0 Å². The van der Waals surface area contributed by atoms with Crippen LogP contribution in [0.3, 0.4) is 0 Å². The fourth-order valence-corrected chi connectivity index (χ4v) is 2.71. The minimum atomic E-state index is 0.548. The molecule has 0 aliphatic carbocycles. The summed E-state index contributed by atoms with van der Waals surface area (Å²) in [6.07, 6.45) is 1.23. The third-order valence-electron chi connectivity index (χ3n) is 4.01. The van der Waals surface area contributed by atoms with Gasteiger partial charge in [0.1, 0.15) is 0 Å². The Labute approximate surface area is 111 Å². The van der Waals surface area contributed by atoms with Crippen LogP contribution in [0.2, 0.25) is 0 Å². The third-order valence-corrected chi connectivity index (χ3v) is 4.01. The van der Waals surface area contributed by atoms with Gasteiger partial charge in [0, 0.05) is 31.4 Å². The number of para-hydroxylation sites is 1. The molecule has 1 aliphatic rings. The van der Waals surface area contributed by atoms with E-state index in [4.69, 9.17) is 0 Å².